The average molecular weight is 329 g/mol. The zero-order valence-electron chi connectivity index (χ0n) is 13.8. The molecule has 2 heterocycles. The standard InChI is InChI=1S/C22H19NS/c1-14-6-8-15(9-7-14)21-22-18(10-11-23-21)19-12-16-4-2-3-5-17(16)13-20(19)24-22/h6-13H,2-5H2,1H3. The number of hydrogen-bond donors (Lipinski definition) is 0. The smallest absolute Gasteiger partial charge is 0.0880 e. The van der Waals surface area contributed by atoms with Crippen LogP contribution in [0.25, 0.3) is 31.4 Å². The molecule has 2 aromatic heterocycles. The van der Waals surface area contributed by atoms with Crippen molar-refractivity contribution in [2.75, 3.05) is 0 Å². The molecule has 118 valence electrons. The molecule has 1 aliphatic rings. The fourth-order valence-electron chi connectivity index (χ4n) is 3.85. The predicted molar refractivity (Wildman–Crippen MR) is 104 cm³/mol. The topological polar surface area (TPSA) is 12.9 Å². The summed E-state index contributed by atoms with van der Waals surface area (Å²) in [5.41, 5.74) is 6.73. The third kappa shape index (κ3) is 2.17. The van der Waals surface area contributed by atoms with Gasteiger partial charge < -0.3 is 0 Å². The first kappa shape index (κ1) is 14.2. The van der Waals surface area contributed by atoms with Gasteiger partial charge in [-0.2, -0.15) is 0 Å². The highest BCUT2D eigenvalue weighted by Gasteiger charge is 2.15. The molecule has 1 nitrogen and oxygen atoms in total. The van der Waals surface area contributed by atoms with Crippen LogP contribution >= 0.6 is 11.3 Å². The quantitative estimate of drug-likeness (QED) is 0.399. The zero-order chi connectivity index (χ0) is 16.1. The van der Waals surface area contributed by atoms with Gasteiger partial charge in [-0.05, 0) is 61.9 Å². The van der Waals surface area contributed by atoms with Crippen LogP contribution in [0.5, 0.6) is 0 Å². The molecule has 4 aromatic rings. The summed E-state index contributed by atoms with van der Waals surface area (Å²) in [7, 11) is 0. The molecule has 0 amide bonds. The Morgan fingerprint density at radius 1 is 0.875 bits per heavy atom. The van der Waals surface area contributed by atoms with Crippen molar-refractivity contribution in [2.45, 2.75) is 32.6 Å². The number of benzene rings is 2. The van der Waals surface area contributed by atoms with E-state index in [0.717, 1.165) is 5.69 Å². The summed E-state index contributed by atoms with van der Waals surface area (Å²) in [6.07, 6.45) is 7.10. The fraction of sp³-hybridized carbons (Fsp3) is 0.227. The minimum absolute atomic E-state index is 1.12. The summed E-state index contributed by atoms with van der Waals surface area (Å²) >= 11 is 1.90. The molecule has 0 aliphatic heterocycles. The maximum absolute atomic E-state index is 4.71. The lowest BCUT2D eigenvalue weighted by Gasteiger charge is -2.15. The highest BCUT2D eigenvalue weighted by atomic mass is 32.1. The molecule has 0 atom stereocenters. The number of pyridine rings is 1. The van der Waals surface area contributed by atoms with E-state index in [2.05, 4.69) is 49.4 Å². The summed E-state index contributed by atoms with van der Waals surface area (Å²) in [5.74, 6) is 0. The Morgan fingerprint density at radius 3 is 2.42 bits per heavy atom. The van der Waals surface area contributed by atoms with Crippen LogP contribution in [-0.2, 0) is 12.8 Å². The van der Waals surface area contributed by atoms with Gasteiger partial charge in [0.2, 0.25) is 0 Å². The highest BCUT2D eigenvalue weighted by molar-refractivity contribution is 7.26. The molecule has 0 unspecified atom stereocenters. The van der Waals surface area contributed by atoms with Crippen LogP contribution in [0, 0.1) is 6.92 Å². The number of aryl methyl sites for hydroxylation is 3. The number of nitrogens with zero attached hydrogens (tertiary/aromatic N) is 1. The van der Waals surface area contributed by atoms with E-state index in [-0.39, 0.29) is 0 Å². The first-order chi connectivity index (χ1) is 11.8. The maximum atomic E-state index is 4.71. The number of hydrogen-bond acceptors (Lipinski definition) is 2. The van der Waals surface area contributed by atoms with Crippen molar-refractivity contribution in [3.05, 3.63) is 65.4 Å². The van der Waals surface area contributed by atoms with E-state index in [9.17, 15) is 0 Å². The van der Waals surface area contributed by atoms with Gasteiger partial charge in [-0.15, -0.1) is 11.3 Å². The molecular weight excluding hydrogens is 310 g/mol. The molecule has 0 saturated heterocycles. The third-order valence-corrected chi connectivity index (χ3v) is 6.35. The molecule has 0 fully saturated rings. The highest BCUT2D eigenvalue weighted by Crippen LogP contribution is 2.40. The molecule has 2 aromatic carbocycles. The molecule has 0 bridgehead atoms. The van der Waals surface area contributed by atoms with E-state index < -0.39 is 0 Å². The second-order valence-corrected chi connectivity index (χ2v) is 7.88. The second kappa shape index (κ2) is 5.42. The van der Waals surface area contributed by atoms with Gasteiger partial charge in [0.15, 0.2) is 0 Å². The van der Waals surface area contributed by atoms with Crippen molar-refractivity contribution >= 4 is 31.5 Å². The molecule has 0 spiro atoms. The van der Waals surface area contributed by atoms with Crippen LogP contribution in [0.1, 0.15) is 29.5 Å². The Labute approximate surface area is 146 Å². The van der Waals surface area contributed by atoms with Crippen molar-refractivity contribution in [3.8, 4) is 11.3 Å². The van der Waals surface area contributed by atoms with Crippen LogP contribution in [0.15, 0.2) is 48.7 Å². The Balaban J connectivity index is 1.79. The van der Waals surface area contributed by atoms with Gasteiger partial charge in [-0.3, -0.25) is 4.98 Å². The Kier molecular flexibility index (Phi) is 3.20. The van der Waals surface area contributed by atoms with Gasteiger partial charge in [-0.25, -0.2) is 0 Å². The van der Waals surface area contributed by atoms with E-state index in [1.165, 1.54) is 57.0 Å². The van der Waals surface area contributed by atoms with Gasteiger partial charge in [0.05, 0.1) is 10.4 Å². The summed E-state index contributed by atoms with van der Waals surface area (Å²) in [6.45, 7) is 2.13. The van der Waals surface area contributed by atoms with E-state index in [4.69, 9.17) is 4.98 Å². The van der Waals surface area contributed by atoms with E-state index in [1.54, 1.807) is 11.1 Å². The first-order valence-corrected chi connectivity index (χ1v) is 9.51. The van der Waals surface area contributed by atoms with Crippen LogP contribution in [0.3, 0.4) is 0 Å². The predicted octanol–water partition coefficient (Wildman–Crippen LogP) is 6.30. The van der Waals surface area contributed by atoms with Crippen molar-refractivity contribution < 1.29 is 0 Å². The van der Waals surface area contributed by atoms with Crippen molar-refractivity contribution in [1.82, 2.24) is 4.98 Å². The van der Waals surface area contributed by atoms with Gasteiger partial charge in [-0.1, -0.05) is 29.8 Å². The largest absolute Gasteiger partial charge is 0.255 e. The molecule has 0 radical (unpaired) electrons. The van der Waals surface area contributed by atoms with Gasteiger partial charge >= 0.3 is 0 Å². The summed E-state index contributed by atoms with van der Waals surface area (Å²) < 4.78 is 2.73. The van der Waals surface area contributed by atoms with Gasteiger partial charge in [0.25, 0.3) is 0 Å². The second-order valence-electron chi connectivity index (χ2n) is 6.83. The lowest BCUT2D eigenvalue weighted by atomic mass is 9.90. The first-order valence-electron chi connectivity index (χ1n) is 8.70. The number of thiophene rings is 1. The van der Waals surface area contributed by atoms with E-state index in [0.29, 0.717) is 0 Å². The third-order valence-electron chi connectivity index (χ3n) is 5.18. The lowest BCUT2D eigenvalue weighted by Crippen LogP contribution is -2.01. The zero-order valence-corrected chi connectivity index (χ0v) is 14.6. The Morgan fingerprint density at radius 2 is 1.62 bits per heavy atom. The molecule has 0 N–H and O–H groups in total. The van der Waals surface area contributed by atoms with E-state index >= 15 is 0 Å². The van der Waals surface area contributed by atoms with Crippen LogP contribution in [-0.4, -0.2) is 4.98 Å². The molecule has 1 aliphatic carbocycles. The molecule has 5 rings (SSSR count). The molecule has 0 saturated carbocycles. The monoisotopic (exact) mass is 329 g/mol. The lowest BCUT2D eigenvalue weighted by molar-refractivity contribution is 0.687. The maximum Gasteiger partial charge on any atom is 0.0880 e. The van der Waals surface area contributed by atoms with Crippen LogP contribution in [0.4, 0.5) is 0 Å². The number of fused-ring (bicyclic) bond motifs is 4. The van der Waals surface area contributed by atoms with Crippen molar-refractivity contribution in [3.63, 3.8) is 0 Å². The Bertz CT molecular complexity index is 1060. The number of rotatable bonds is 1. The SMILES string of the molecule is Cc1ccc(-c2nccc3c2sc2cc4c(cc23)CCCC4)cc1. The van der Waals surface area contributed by atoms with E-state index in [1.807, 2.05) is 17.5 Å². The summed E-state index contributed by atoms with van der Waals surface area (Å²) in [6, 6.07) is 15.8. The van der Waals surface area contributed by atoms with Crippen molar-refractivity contribution in [1.29, 1.82) is 0 Å². The fourth-order valence-corrected chi connectivity index (χ4v) is 5.10. The summed E-state index contributed by atoms with van der Waals surface area (Å²) in [4.78, 5) is 4.71. The van der Waals surface area contributed by atoms with Gasteiger partial charge in [0.1, 0.15) is 0 Å². The van der Waals surface area contributed by atoms with Crippen LogP contribution in [0.2, 0.25) is 0 Å². The molecule has 24 heavy (non-hydrogen) atoms. The average Bonchev–Trinajstić information content (AvgIpc) is 2.98. The van der Waals surface area contributed by atoms with Crippen molar-refractivity contribution in [2.24, 2.45) is 0 Å². The summed E-state index contributed by atoms with van der Waals surface area (Å²) in [5, 5.41) is 2.76. The normalized spacial score (nSPS) is 14.2. The Hall–Kier alpha value is -2.19. The van der Waals surface area contributed by atoms with Crippen LogP contribution < -0.4 is 0 Å². The molecule has 2 heteroatoms. The molecular formula is C22H19NS. The minimum Gasteiger partial charge on any atom is -0.255 e. The van der Waals surface area contributed by atoms with Gasteiger partial charge in [0, 0.05) is 27.2 Å². The number of aromatic nitrogens is 1. The minimum atomic E-state index is 1.12.